The van der Waals surface area contributed by atoms with Gasteiger partial charge in [0.25, 0.3) is 0 Å². The number of nitrogens with zero attached hydrogens (tertiary/aromatic N) is 2. The molecular formula is C20H26N2O2. The van der Waals surface area contributed by atoms with Gasteiger partial charge in [-0.15, -0.1) is 0 Å². The predicted octanol–water partition coefficient (Wildman–Crippen LogP) is 3.58. The van der Waals surface area contributed by atoms with Gasteiger partial charge in [0.05, 0.1) is 18.9 Å². The molecule has 1 aromatic heterocycles. The molecule has 1 aliphatic rings. The van der Waals surface area contributed by atoms with Crippen molar-refractivity contribution in [2.45, 2.75) is 39.0 Å². The number of para-hydroxylation sites is 1. The average Bonchev–Trinajstić information content (AvgIpc) is 3.08. The second kappa shape index (κ2) is 8.27. The summed E-state index contributed by atoms with van der Waals surface area (Å²) in [5, 5.41) is 0. The van der Waals surface area contributed by atoms with E-state index in [2.05, 4.69) is 34.1 Å². The standard InChI is InChI=1S/C20H26N2O2/c1-16-7-5-9-18(21-16)14-22(15-19-10-6-12-24-19)13-17-8-3-4-11-20(17)23-2/h3-5,7-9,11,19H,6,10,12-15H2,1-2H3/t19-/m1/s1. The first-order valence-corrected chi connectivity index (χ1v) is 8.63. The second-order valence-corrected chi connectivity index (χ2v) is 6.39. The molecule has 1 fully saturated rings. The molecule has 2 aromatic rings. The molecule has 0 unspecified atom stereocenters. The third-order valence-corrected chi connectivity index (χ3v) is 4.40. The molecule has 0 amide bonds. The smallest absolute Gasteiger partial charge is 0.123 e. The summed E-state index contributed by atoms with van der Waals surface area (Å²) in [4.78, 5) is 7.07. The van der Waals surface area contributed by atoms with Crippen LogP contribution in [-0.2, 0) is 17.8 Å². The van der Waals surface area contributed by atoms with Crippen LogP contribution in [0.5, 0.6) is 5.75 Å². The van der Waals surface area contributed by atoms with Crippen molar-refractivity contribution in [3.63, 3.8) is 0 Å². The lowest BCUT2D eigenvalue weighted by molar-refractivity contribution is 0.0672. The highest BCUT2D eigenvalue weighted by Crippen LogP contribution is 2.22. The van der Waals surface area contributed by atoms with Gasteiger partial charge >= 0.3 is 0 Å². The van der Waals surface area contributed by atoms with E-state index in [1.54, 1.807) is 7.11 Å². The van der Waals surface area contributed by atoms with E-state index >= 15 is 0 Å². The fraction of sp³-hybridized carbons (Fsp3) is 0.450. The van der Waals surface area contributed by atoms with Crippen molar-refractivity contribution < 1.29 is 9.47 Å². The number of ether oxygens (including phenoxy) is 2. The maximum atomic E-state index is 5.85. The van der Waals surface area contributed by atoms with Crippen LogP contribution < -0.4 is 4.74 Å². The summed E-state index contributed by atoms with van der Waals surface area (Å²) in [5.74, 6) is 0.937. The molecule has 4 heteroatoms. The van der Waals surface area contributed by atoms with E-state index < -0.39 is 0 Å². The van der Waals surface area contributed by atoms with Crippen LogP contribution in [0.1, 0.15) is 29.8 Å². The molecule has 0 bridgehead atoms. The predicted molar refractivity (Wildman–Crippen MR) is 95.1 cm³/mol. The van der Waals surface area contributed by atoms with E-state index in [4.69, 9.17) is 9.47 Å². The third kappa shape index (κ3) is 4.56. The quantitative estimate of drug-likeness (QED) is 0.779. The van der Waals surface area contributed by atoms with Gasteiger partial charge in [-0.3, -0.25) is 9.88 Å². The number of aryl methyl sites for hydroxylation is 1. The molecule has 0 saturated carbocycles. The number of methoxy groups -OCH3 is 1. The Hall–Kier alpha value is -1.91. The van der Waals surface area contributed by atoms with Crippen molar-refractivity contribution in [2.24, 2.45) is 0 Å². The minimum atomic E-state index is 0.324. The van der Waals surface area contributed by atoms with Crippen LogP contribution in [-0.4, -0.2) is 36.2 Å². The zero-order valence-electron chi connectivity index (χ0n) is 14.6. The molecule has 4 nitrogen and oxygen atoms in total. The molecule has 1 aliphatic heterocycles. The van der Waals surface area contributed by atoms with E-state index in [1.807, 2.05) is 25.1 Å². The molecule has 1 saturated heterocycles. The Morgan fingerprint density at radius 3 is 2.79 bits per heavy atom. The lowest BCUT2D eigenvalue weighted by Crippen LogP contribution is -2.32. The van der Waals surface area contributed by atoms with Crippen LogP contribution in [0.3, 0.4) is 0 Å². The van der Waals surface area contributed by atoms with Gasteiger partial charge in [0.1, 0.15) is 5.75 Å². The molecule has 3 rings (SSSR count). The second-order valence-electron chi connectivity index (χ2n) is 6.39. The van der Waals surface area contributed by atoms with Gasteiger partial charge in [-0.25, -0.2) is 0 Å². The number of hydrogen-bond acceptors (Lipinski definition) is 4. The Morgan fingerprint density at radius 2 is 2.04 bits per heavy atom. The number of benzene rings is 1. The van der Waals surface area contributed by atoms with Crippen LogP contribution in [0.2, 0.25) is 0 Å². The molecule has 0 N–H and O–H groups in total. The fourth-order valence-corrected chi connectivity index (χ4v) is 3.25. The first-order valence-electron chi connectivity index (χ1n) is 8.63. The maximum Gasteiger partial charge on any atom is 0.123 e. The van der Waals surface area contributed by atoms with Crippen molar-refractivity contribution in [3.05, 3.63) is 59.4 Å². The van der Waals surface area contributed by atoms with Gasteiger partial charge in [-0.1, -0.05) is 24.3 Å². The van der Waals surface area contributed by atoms with E-state index in [0.717, 1.165) is 56.2 Å². The van der Waals surface area contributed by atoms with Gasteiger partial charge in [-0.05, 0) is 38.0 Å². The Balaban J connectivity index is 1.75. The van der Waals surface area contributed by atoms with E-state index in [1.165, 1.54) is 5.56 Å². The minimum Gasteiger partial charge on any atom is -0.496 e. The van der Waals surface area contributed by atoms with Gasteiger partial charge in [0.2, 0.25) is 0 Å². The summed E-state index contributed by atoms with van der Waals surface area (Å²) < 4.78 is 11.4. The number of aromatic nitrogens is 1. The van der Waals surface area contributed by atoms with Crippen LogP contribution >= 0.6 is 0 Å². The van der Waals surface area contributed by atoms with E-state index in [0.29, 0.717) is 6.10 Å². The summed E-state index contributed by atoms with van der Waals surface area (Å²) in [6, 6.07) is 14.4. The van der Waals surface area contributed by atoms with Crippen molar-refractivity contribution in [3.8, 4) is 5.75 Å². The lowest BCUT2D eigenvalue weighted by atomic mass is 10.1. The first-order chi connectivity index (χ1) is 11.7. The molecule has 1 aromatic carbocycles. The molecule has 24 heavy (non-hydrogen) atoms. The third-order valence-electron chi connectivity index (χ3n) is 4.40. The molecule has 0 radical (unpaired) electrons. The summed E-state index contributed by atoms with van der Waals surface area (Å²) in [6.07, 6.45) is 2.63. The van der Waals surface area contributed by atoms with Gasteiger partial charge in [0.15, 0.2) is 0 Å². The number of rotatable bonds is 7. The Morgan fingerprint density at radius 1 is 1.17 bits per heavy atom. The highest BCUT2D eigenvalue weighted by molar-refractivity contribution is 5.33. The summed E-state index contributed by atoms with van der Waals surface area (Å²) in [6.45, 7) is 5.50. The van der Waals surface area contributed by atoms with Crippen LogP contribution in [0.25, 0.3) is 0 Å². The van der Waals surface area contributed by atoms with Gasteiger partial charge in [-0.2, -0.15) is 0 Å². The fourth-order valence-electron chi connectivity index (χ4n) is 3.25. The van der Waals surface area contributed by atoms with Crippen LogP contribution in [0, 0.1) is 6.92 Å². The number of hydrogen-bond donors (Lipinski definition) is 0. The molecule has 1 atom stereocenters. The zero-order valence-corrected chi connectivity index (χ0v) is 14.6. The van der Waals surface area contributed by atoms with E-state index in [-0.39, 0.29) is 0 Å². The van der Waals surface area contributed by atoms with Crippen LogP contribution in [0.4, 0.5) is 0 Å². The molecule has 2 heterocycles. The monoisotopic (exact) mass is 326 g/mol. The SMILES string of the molecule is COc1ccccc1CN(Cc1cccc(C)n1)C[C@H]1CCCO1. The zero-order chi connectivity index (χ0) is 16.8. The largest absolute Gasteiger partial charge is 0.496 e. The number of pyridine rings is 1. The molecule has 0 aliphatic carbocycles. The highest BCUT2D eigenvalue weighted by Gasteiger charge is 2.20. The average molecular weight is 326 g/mol. The van der Waals surface area contributed by atoms with Crippen molar-refractivity contribution >= 4 is 0 Å². The Kier molecular flexibility index (Phi) is 5.83. The minimum absolute atomic E-state index is 0.324. The van der Waals surface area contributed by atoms with Crippen LogP contribution in [0.15, 0.2) is 42.5 Å². The maximum absolute atomic E-state index is 5.85. The summed E-state index contributed by atoms with van der Waals surface area (Å²) in [7, 11) is 1.73. The normalized spacial score (nSPS) is 17.4. The van der Waals surface area contributed by atoms with Crippen molar-refractivity contribution in [1.82, 2.24) is 9.88 Å². The first kappa shape index (κ1) is 16.9. The van der Waals surface area contributed by atoms with Crippen molar-refractivity contribution in [2.75, 3.05) is 20.3 Å². The molecular weight excluding hydrogens is 300 g/mol. The molecule has 0 spiro atoms. The Labute approximate surface area is 144 Å². The van der Waals surface area contributed by atoms with Gasteiger partial charge in [0, 0.05) is 37.5 Å². The topological polar surface area (TPSA) is 34.6 Å². The summed E-state index contributed by atoms with van der Waals surface area (Å²) >= 11 is 0. The summed E-state index contributed by atoms with van der Waals surface area (Å²) in [5.41, 5.74) is 3.36. The Bertz CT molecular complexity index is 654. The van der Waals surface area contributed by atoms with Crippen molar-refractivity contribution in [1.29, 1.82) is 0 Å². The lowest BCUT2D eigenvalue weighted by Gasteiger charge is -2.25. The van der Waals surface area contributed by atoms with E-state index in [9.17, 15) is 0 Å². The highest BCUT2D eigenvalue weighted by atomic mass is 16.5. The molecule has 128 valence electrons. The van der Waals surface area contributed by atoms with Gasteiger partial charge < -0.3 is 9.47 Å².